The average molecular weight is 201 g/mol. The van der Waals surface area contributed by atoms with Crippen LogP contribution in [0.15, 0.2) is 29.8 Å². The zero-order valence-electron chi connectivity index (χ0n) is 7.86. The molecule has 70 valence electrons. The number of pyridine rings is 1. The Bertz CT molecular complexity index is 496. The number of hydrogen-bond acceptors (Lipinski definition) is 2. The molecule has 0 amide bonds. The molecular formula is C12H11NS. The first-order chi connectivity index (χ1) is 6.95. The standard InChI is InChI=1S/C12H11NS/c1-2-5-9(4-1)11-8-14-12-10(11)6-3-7-13-12/h3-4,6-8H,1-2,5H2. The molecule has 0 aromatic carbocycles. The topological polar surface area (TPSA) is 12.9 Å². The van der Waals surface area contributed by atoms with Gasteiger partial charge in [-0.3, -0.25) is 0 Å². The van der Waals surface area contributed by atoms with Gasteiger partial charge in [-0.2, -0.15) is 0 Å². The molecule has 2 heterocycles. The molecule has 0 fully saturated rings. The van der Waals surface area contributed by atoms with E-state index in [1.165, 1.54) is 35.8 Å². The maximum atomic E-state index is 4.36. The van der Waals surface area contributed by atoms with Gasteiger partial charge < -0.3 is 0 Å². The van der Waals surface area contributed by atoms with Crippen molar-refractivity contribution < 1.29 is 0 Å². The fraction of sp³-hybridized carbons (Fsp3) is 0.250. The summed E-state index contributed by atoms with van der Waals surface area (Å²) in [5.74, 6) is 0. The fourth-order valence-corrected chi connectivity index (χ4v) is 2.97. The van der Waals surface area contributed by atoms with Crippen LogP contribution in [0.2, 0.25) is 0 Å². The van der Waals surface area contributed by atoms with E-state index in [9.17, 15) is 0 Å². The van der Waals surface area contributed by atoms with Crippen molar-refractivity contribution in [3.63, 3.8) is 0 Å². The molecule has 1 aliphatic carbocycles. The second-order valence-electron chi connectivity index (χ2n) is 3.63. The van der Waals surface area contributed by atoms with Gasteiger partial charge in [0.1, 0.15) is 4.83 Å². The van der Waals surface area contributed by atoms with E-state index in [1.807, 2.05) is 12.3 Å². The van der Waals surface area contributed by atoms with Crippen molar-refractivity contribution in [2.75, 3.05) is 0 Å². The van der Waals surface area contributed by atoms with Crippen LogP contribution in [0, 0.1) is 0 Å². The molecule has 0 bridgehead atoms. The van der Waals surface area contributed by atoms with E-state index in [0.29, 0.717) is 0 Å². The summed E-state index contributed by atoms with van der Waals surface area (Å²) in [5.41, 5.74) is 2.93. The molecule has 0 radical (unpaired) electrons. The molecule has 14 heavy (non-hydrogen) atoms. The predicted octanol–water partition coefficient (Wildman–Crippen LogP) is 3.86. The molecule has 0 aliphatic heterocycles. The van der Waals surface area contributed by atoms with Crippen LogP contribution in [0.25, 0.3) is 15.8 Å². The van der Waals surface area contributed by atoms with E-state index in [-0.39, 0.29) is 0 Å². The highest BCUT2D eigenvalue weighted by atomic mass is 32.1. The van der Waals surface area contributed by atoms with Gasteiger partial charge in [0.2, 0.25) is 0 Å². The molecule has 0 saturated heterocycles. The number of hydrogen-bond donors (Lipinski definition) is 0. The molecule has 1 nitrogen and oxygen atoms in total. The van der Waals surface area contributed by atoms with E-state index in [2.05, 4.69) is 22.5 Å². The third-order valence-corrected chi connectivity index (χ3v) is 3.64. The van der Waals surface area contributed by atoms with Crippen LogP contribution in [-0.4, -0.2) is 4.98 Å². The normalized spacial score (nSPS) is 16.1. The Morgan fingerprint density at radius 1 is 1.36 bits per heavy atom. The van der Waals surface area contributed by atoms with Crippen molar-refractivity contribution in [1.29, 1.82) is 0 Å². The van der Waals surface area contributed by atoms with Crippen molar-refractivity contribution in [1.82, 2.24) is 4.98 Å². The Morgan fingerprint density at radius 2 is 2.36 bits per heavy atom. The molecule has 3 rings (SSSR count). The van der Waals surface area contributed by atoms with Crippen molar-refractivity contribution in [3.8, 4) is 0 Å². The van der Waals surface area contributed by atoms with Gasteiger partial charge in [0.25, 0.3) is 0 Å². The maximum Gasteiger partial charge on any atom is 0.123 e. The summed E-state index contributed by atoms with van der Waals surface area (Å²) < 4.78 is 0. The van der Waals surface area contributed by atoms with Gasteiger partial charge >= 0.3 is 0 Å². The molecule has 0 unspecified atom stereocenters. The van der Waals surface area contributed by atoms with E-state index < -0.39 is 0 Å². The van der Waals surface area contributed by atoms with Gasteiger partial charge in [0.05, 0.1) is 0 Å². The van der Waals surface area contributed by atoms with Gasteiger partial charge in [0.15, 0.2) is 0 Å². The number of allylic oxidation sites excluding steroid dienone is 2. The lowest BCUT2D eigenvalue weighted by Crippen LogP contribution is -1.78. The first-order valence-electron chi connectivity index (χ1n) is 4.97. The average Bonchev–Trinajstić information content (AvgIpc) is 2.85. The van der Waals surface area contributed by atoms with E-state index in [1.54, 1.807) is 11.3 Å². The third-order valence-electron chi connectivity index (χ3n) is 2.74. The summed E-state index contributed by atoms with van der Waals surface area (Å²) in [6, 6.07) is 4.20. The Balaban J connectivity index is 2.21. The molecule has 2 aromatic heterocycles. The molecule has 0 spiro atoms. The lowest BCUT2D eigenvalue weighted by Gasteiger charge is -1.98. The monoisotopic (exact) mass is 201 g/mol. The Kier molecular flexibility index (Phi) is 1.88. The van der Waals surface area contributed by atoms with Crippen LogP contribution in [0.1, 0.15) is 24.8 Å². The zero-order valence-corrected chi connectivity index (χ0v) is 8.68. The van der Waals surface area contributed by atoms with E-state index in [0.717, 1.165) is 4.83 Å². The SMILES string of the molecule is C1=C(c2csc3ncccc23)CCC1. The third kappa shape index (κ3) is 1.18. The van der Waals surface area contributed by atoms with Gasteiger partial charge in [-0.15, -0.1) is 11.3 Å². The van der Waals surface area contributed by atoms with Crippen LogP contribution in [0.3, 0.4) is 0 Å². The maximum absolute atomic E-state index is 4.36. The lowest BCUT2D eigenvalue weighted by molar-refractivity contribution is 0.936. The van der Waals surface area contributed by atoms with Crippen molar-refractivity contribution in [3.05, 3.63) is 35.3 Å². The summed E-state index contributed by atoms with van der Waals surface area (Å²) in [4.78, 5) is 5.53. The van der Waals surface area contributed by atoms with Crippen LogP contribution in [0.5, 0.6) is 0 Å². The minimum atomic E-state index is 1.16. The minimum absolute atomic E-state index is 1.16. The second-order valence-corrected chi connectivity index (χ2v) is 4.49. The molecule has 1 aliphatic rings. The summed E-state index contributed by atoms with van der Waals surface area (Å²) in [6.07, 6.45) is 8.03. The summed E-state index contributed by atoms with van der Waals surface area (Å²) in [7, 11) is 0. The molecule has 0 N–H and O–H groups in total. The molecule has 2 aromatic rings. The van der Waals surface area contributed by atoms with E-state index in [4.69, 9.17) is 0 Å². The van der Waals surface area contributed by atoms with Gasteiger partial charge in [-0.1, -0.05) is 6.08 Å². The zero-order chi connectivity index (χ0) is 9.38. The first kappa shape index (κ1) is 8.18. The van der Waals surface area contributed by atoms with Crippen LogP contribution >= 0.6 is 11.3 Å². The summed E-state index contributed by atoms with van der Waals surface area (Å²) in [6.45, 7) is 0. The Morgan fingerprint density at radius 3 is 3.21 bits per heavy atom. The number of aromatic nitrogens is 1. The van der Waals surface area contributed by atoms with Crippen LogP contribution in [-0.2, 0) is 0 Å². The minimum Gasteiger partial charge on any atom is -0.245 e. The highest BCUT2D eigenvalue weighted by molar-refractivity contribution is 7.17. The Hall–Kier alpha value is -1.15. The fourth-order valence-electron chi connectivity index (χ4n) is 2.03. The van der Waals surface area contributed by atoms with Gasteiger partial charge in [-0.05, 0) is 42.5 Å². The summed E-state index contributed by atoms with van der Waals surface area (Å²) >= 11 is 1.75. The Labute approximate surface area is 87.1 Å². The van der Waals surface area contributed by atoms with Crippen LogP contribution < -0.4 is 0 Å². The highest BCUT2D eigenvalue weighted by Crippen LogP contribution is 2.35. The highest BCUT2D eigenvalue weighted by Gasteiger charge is 2.11. The van der Waals surface area contributed by atoms with Crippen LogP contribution in [0.4, 0.5) is 0 Å². The smallest absolute Gasteiger partial charge is 0.123 e. The molecule has 0 saturated carbocycles. The molecular weight excluding hydrogens is 190 g/mol. The van der Waals surface area contributed by atoms with Crippen molar-refractivity contribution in [2.45, 2.75) is 19.3 Å². The number of rotatable bonds is 1. The predicted molar refractivity (Wildman–Crippen MR) is 61.4 cm³/mol. The number of nitrogens with zero attached hydrogens (tertiary/aromatic N) is 1. The first-order valence-corrected chi connectivity index (χ1v) is 5.85. The van der Waals surface area contributed by atoms with Gasteiger partial charge in [-0.25, -0.2) is 4.98 Å². The number of thiophene rings is 1. The lowest BCUT2D eigenvalue weighted by atomic mass is 10.1. The quantitative estimate of drug-likeness (QED) is 0.682. The molecule has 0 atom stereocenters. The van der Waals surface area contributed by atoms with E-state index >= 15 is 0 Å². The summed E-state index contributed by atoms with van der Waals surface area (Å²) in [5, 5.41) is 3.57. The van der Waals surface area contributed by atoms with Crippen molar-refractivity contribution in [2.24, 2.45) is 0 Å². The number of fused-ring (bicyclic) bond motifs is 1. The van der Waals surface area contributed by atoms with Crippen molar-refractivity contribution >= 4 is 27.1 Å². The largest absolute Gasteiger partial charge is 0.245 e. The van der Waals surface area contributed by atoms with Gasteiger partial charge in [0, 0.05) is 17.0 Å². The molecule has 2 heteroatoms. The second kappa shape index (κ2) is 3.21.